The Morgan fingerprint density at radius 1 is 0.850 bits per heavy atom. The lowest BCUT2D eigenvalue weighted by molar-refractivity contribution is -0.248. The fourth-order valence-corrected chi connectivity index (χ4v) is 2.05. The zero-order valence-corrected chi connectivity index (χ0v) is 10.8. The van der Waals surface area contributed by atoms with Gasteiger partial charge in [-0.3, -0.25) is 0 Å². The van der Waals surface area contributed by atoms with Gasteiger partial charge in [-0.2, -0.15) is 13.2 Å². The molecule has 0 aliphatic carbocycles. The summed E-state index contributed by atoms with van der Waals surface area (Å²) in [4.78, 5) is 0. The van der Waals surface area contributed by atoms with Gasteiger partial charge in [0.05, 0.1) is 0 Å². The molecule has 0 heterocycles. The summed E-state index contributed by atoms with van der Waals surface area (Å²) in [7, 11) is 1.67. The number of rotatable bonds is 3. The van der Waals surface area contributed by atoms with Gasteiger partial charge in [0, 0.05) is 12.7 Å². The molecule has 0 aliphatic rings. The van der Waals surface area contributed by atoms with Crippen molar-refractivity contribution in [1.82, 2.24) is 0 Å². The van der Waals surface area contributed by atoms with E-state index in [1.54, 1.807) is 13.1 Å². The third kappa shape index (κ3) is 2.36. The molecule has 2 N–H and O–H groups in total. The highest BCUT2D eigenvalue weighted by molar-refractivity contribution is 5.47. The molecule has 0 fully saturated rings. The van der Waals surface area contributed by atoms with E-state index in [0.717, 1.165) is 0 Å². The lowest BCUT2D eigenvalue weighted by Gasteiger charge is -2.31. The Balaban J connectivity index is 2.58. The maximum atomic E-state index is 13.4. The molecule has 2 aromatic rings. The van der Waals surface area contributed by atoms with E-state index in [2.05, 4.69) is 5.32 Å². The first-order valence-electron chi connectivity index (χ1n) is 6.02. The number of benzene rings is 2. The van der Waals surface area contributed by atoms with Crippen molar-refractivity contribution in [3.63, 3.8) is 0 Å². The van der Waals surface area contributed by atoms with E-state index in [-0.39, 0.29) is 11.1 Å². The predicted molar refractivity (Wildman–Crippen MR) is 71.5 cm³/mol. The molecular formula is C15H14F3NO. The minimum Gasteiger partial charge on any atom is -0.388 e. The zero-order chi connectivity index (χ0) is 14.8. The third-order valence-electron chi connectivity index (χ3n) is 3.19. The lowest BCUT2D eigenvalue weighted by atomic mass is 9.85. The molecule has 0 saturated heterocycles. The van der Waals surface area contributed by atoms with Crippen LogP contribution in [0, 0.1) is 0 Å². The molecule has 1 atom stereocenters. The number of nitrogens with one attached hydrogen (secondary N) is 1. The van der Waals surface area contributed by atoms with Crippen molar-refractivity contribution in [2.45, 2.75) is 11.8 Å². The third-order valence-corrected chi connectivity index (χ3v) is 3.19. The quantitative estimate of drug-likeness (QED) is 0.902. The molecule has 0 saturated carbocycles. The highest BCUT2D eigenvalue weighted by Crippen LogP contribution is 2.44. The zero-order valence-electron chi connectivity index (χ0n) is 10.8. The highest BCUT2D eigenvalue weighted by atomic mass is 19.4. The van der Waals surface area contributed by atoms with Gasteiger partial charge in [-0.15, -0.1) is 0 Å². The van der Waals surface area contributed by atoms with Crippen LogP contribution >= 0.6 is 0 Å². The van der Waals surface area contributed by atoms with Crippen molar-refractivity contribution < 1.29 is 18.3 Å². The van der Waals surface area contributed by atoms with Gasteiger partial charge in [0.15, 0.2) is 0 Å². The van der Waals surface area contributed by atoms with Gasteiger partial charge in [0.1, 0.15) is 0 Å². The van der Waals surface area contributed by atoms with Gasteiger partial charge >= 0.3 is 6.18 Å². The van der Waals surface area contributed by atoms with Crippen molar-refractivity contribution in [3.8, 4) is 0 Å². The van der Waals surface area contributed by atoms with Crippen LogP contribution in [0.15, 0.2) is 54.6 Å². The van der Waals surface area contributed by atoms with E-state index in [4.69, 9.17) is 0 Å². The number of hydrogen-bond donors (Lipinski definition) is 2. The fraction of sp³-hybridized carbons (Fsp3) is 0.200. The number of hydrogen-bond acceptors (Lipinski definition) is 2. The largest absolute Gasteiger partial charge is 0.425 e. The molecule has 2 nitrogen and oxygen atoms in total. The molecule has 2 rings (SSSR count). The Bertz CT molecular complexity index is 566. The fourth-order valence-electron chi connectivity index (χ4n) is 2.05. The number of anilines is 1. The van der Waals surface area contributed by atoms with Crippen LogP contribution in [0.3, 0.4) is 0 Å². The Morgan fingerprint density at radius 3 is 1.80 bits per heavy atom. The number of aliphatic hydroxyl groups is 1. The second kappa shape index (κ2) is 5.17. The summed E-state index contributed by atoms with van der Waals surface area (Å²) >= 11 is 0. The Hall–Kier alpha value is -2.01. The summed E-state index contributed by atoms with van der Waals surface area (Å²) in [6.45, 7) is 0. The van der Waals surface area contributed by atoms with Crippen molar-refractivity contribution in [1.29, 1.82) is 0 Å². The van der Waals surface area contributed by atoms with Crippen LogP contribution in [-0.4, -0.2) is 18.3 Å². The van der Waals surface area contributed by atoms with E-state index in [9.17, 15) is 18.3 Å². The second-order valence-electron chi connectivity index (χ2n) is 4.40. The summed E-state index contributed by atoms with van der Waals surface area (Å²) in [6, 6.07) is 12.6. The lowest BCUT2D eigenvalue weighted by Crippen LogP contribution is -2.43. The highest BCUT2D eigenvalue weighted by Gasteiger charge is 2.56. The van der Waals surface area contributed by atoms with Crippen LogP contribution in [0.25, 0.3) is 0 Å². The van der Waals surface area contributed by atoms with E-state index in [1.807, 2.05) is 0 Å². The van der Waals surface area contributed by atoms with E-state index in [1.165, 1.54) is 48.5 Å². The monoisotopic (exact) mass is 281 g/mol. The molecule has 0 bridgehead atoms. The molecule has 106 valence electrons. The van der Waals surface area contributed by atoms with Gasteiger partial charge in [-0.05, 0) is 23.3 Å². The van der Waals surface area contributed by atoms with Crippen molar-refractivity contribution in [3.05, 3.63) is 65.7 Å². The summed E-state index contributed by atoms with van der Waals surface area (Å²) in [5.41, 5.74) is -2.76. The van der Waals surface area contributed by atoms with Crippen LogP contribution in [0.4, 0.5) is 18.9 Å². The van der Waals surface area contributed by atoms with Gasteiger partial charge in [-0.1, -0.05) is 42.5 Å². The average Bonchev–Trinajstić information content (AvgIpc) is 2.46. The van der Waals surface area contributed by atoms with Gasteiger partial charge in [0.2, 0.25) is 5.60 Å². The normalized spacial score (nSPS) is 14.7. The van der Waals surface area contributed by atoms with Crippen molar-refractivity contribution in [2.75, 3.05) is 12.4 Å². The van der Waals surface area contributed by atoms with E-state index < -0.39 is 11.8 Å². The Labute approximate surface area is 114 Å². The van der Waals surface area contributed by atoms with Crippen LogP contribution in [0.2, 0.25) is 0 Å². The average molecular weight is 281 g/mol. The van der Waals surface area contributed by atoms with Crippen LogP contribution < -0.4 is 5.32 Å². The smallest absolute Gasteiger partial charge is 0.388 e. The summed E-state index contributed by atoms with van der Waals surface area (Å²) in [5.74, 6) is 0. The van der Waals surface area contributed by atoms with Crippen LogP contribution in [0.1, 0.15) is 11.1 Å². The van der Waals surface area contributed by atoms with Gasteiger partial charge in [0.25, 0.3) is 0 Å². The molecule has 0 radical (unpaired) electrons. The van der Waals surface area contributed by atoms with E-state index in [0.29, 0.717) is 5.69 Å². The number of alkyl halides is 3. The standard InChI is InChI=1S/C15H14F3NO/c1-19-13-9-7-12(8-10-13)14(20,15(16,17)18)11-5-3-2-4-6-11/h2-10,19-20H,1H3. The minimum atomic E-state index is -4.81. The maximum Gasteiger partial charge on any atom is 0.425 e. The maximum absolute atomic E-state index is 13.4. The minimum absolute atomic E-state index is 0.204. The first-order valence-corrected chi connectivity index (χ1v) is 6.02. The molecule has 0 amide bonds. The predicted octanol–water partition coefficient (Wildman–Crippen LogP) is 3.53. The van der Waals surface area contributed by atoms with Crippen molar-refractivity contribution in [2.24, 2.45) is 0 Å². The summed E-state index contributed by atoms with van der Waals surface area (Å²) < 4.78 is 40.2. The molecular weight excluding hydrogens is 267 g/mol. The molecule has 0 aromatic heterocycles. The molecule has 5 heteroatoms. The molecule has 20 heavy (non-hydrogen) atoms. The van der Waals surface area contributed by atoms with Gasteiger partial charge < -0.3 is 10.4 Å². The molecule has 0 spiro atoms. The first-order chi connectivity index (χ1) is 9.39. The Kier molecular flexibility index (Phi) is 3.72. The second-order valence-corrected chi connectivity index (χ2v) is 4.40. The van der Waals surface area contributed by atoms with Gasteiger partial charge in [-0.25, -0.2) is 0 Å². The molecule has 0 aliphatic heterocycles. The molecule has 1 unspecified atom stereocenters. The number of halogens is 3. The summed E-state index contributed by atoms with van der Waals surface area (Å²) in [6.07, 6.45) is -4.81. The molecule has 2 aromatic carbocycles. The van der Waals surface area contributed by atoms with Crippen LogP contribution in [-0.2, 0) is 5.60 Å². The topological polar surface area (TPSA) is 32.3 Å². The summed E-state index contributed by atoms with van der Waals surface area (Å²) in [5, 5.41) is 13.1. The SMILES string of the molecule is CNc1ccc(C(O)(c2ccccc2)C(F)(F)F)cc1. The van der Waals surface area contributed by atoms with Crippen molar-refractivity contribution >= 4 is 5.69 Å². The van der Waals surface area contributed by atoms with Crippen LogP contribution in [0.5, 0.6) is 0 Å². The van der Waals surface area contributed by atoms with E-state index >= 15 is 0 Å². The first kappa shape index (κ1) is 14.4. The Morgan fingerprint density at radius 2 is 1.35 bits per heavy atom.